The number of methoxy groups -OCH3 is 1. The van der Waals surface area contributed by atoms with Crippen LogP contribution in [0.2, 0.25) is 0 Å². The molecule has 0 fully saturated rings. The van der Waals surface area contributed by atoms with E-state index < -0.39 is 17.7 Å². The molecule has 154 valence electrons. The summed E-state index contributed by atoms with van der Waals surface area (Å²) in [6.07, 6.45) is -4.44. The Labute approximate surface area is 165 Å². The van der Waals surface area contributed by atoms with E-state index in [1.807, 2.05) is 0 Å². The summed E-state index contributed by atoms with van der Waals surface area (Å²) >= 11 is 0. The lowest BCUT2D eigenvalue weighted by atomic mass is 10.0. The lowest BCUT2D eigenvalue weighted by Gasteiger charge is -2.10. The third-order valence-corrected chi connectivity index (χ3v) is 3.86. The highest BCUT2D eigenvalue weighted by molar-refractivity contribution is 6.43. The van der Waals surface area contributed by atoms with Crippen molar-refractivity contribution in [3.63, 3.8) is 0 Å². The number of benzene rings is 2. The lowest BCUT2D eigenvalue weighted by molar-refractivity contribution is -0.137. The molecule has 0 saturated heterocycles. The van der Waals surface area contributed by atoms with E-state index in [1.54, 1.807) is 24.3 Å². The molecule has 6 nitrogen and oxygen atoms in total. The van der Waals surface area contributed by atoms with E-state index in [9.17, 15) is 18.0 Å². The Bertz CT molecular complexity index is 924. The molecule has 0 aliphatic heterocycles. The second-order valence-electron chi connectivity index (χ2n) is 5.80. The molecule has 0 radical (unpaired) electrons. The van der Waals surface area contributed by atoms with Crippen LogP contribution in [0, 0.1) is 0 Å². The van der Waals surface area contributed by atoms with Gasteiger partial charge in [-0.3, -0.25) is 0 Å². The van der Waals surface area contributed by atoms with Crippen LogP contribution in [0.15, 0.2) is 58.8 Å². The van der Waals surface area contributed by atoms with Gasteiger partial charge in [0.25, 0.3) is 0 Å². The number of esters is 1. The topological polar surface area (TPSA) is 69.5 Å². The number of hydrogen-bond donors (Lipinski definition) is 0. The van der Waals surface area contributed by atoms with Crippen molar-refractivity contribution < 1.29 is 32.4 Å². The number of hydrogen-bond acceptors (Lipinski definition) is 6. The Morgan fingerprint density at radius 3 is 2.41 bits per heavy atom. The van der Waals surface area contributed by atoms with Crippen LogP contribution in [0.5, 0.6) is 0 Å². The Balaban J connectivity index is 2.21. The van der Waals surface area contributed by atoms with E-state index in [2.05, 4.69) is 10.3 Å². The van der Waals surface area contributed by atoms with Crippen molar-refractivity contribution in [3.05, 3.63) is 70.8 Å². The van der Waals surface area contributed by atoms with Crippen LogP contribution in [0.1, 0.15) is 29.2 Å². The Hall–Kier alpha value is -3.36. The van der Waals surface area contributed by atoms with Crippen LogP contribution < -0.4 is 0 Å². The molecule has 0 aliphatic carbocycles. The molecular formula is C20H19F3N2O4. The van der Waals surface area contributed by atoms with Crippen molar-refractivity contribution in [2.45, 2.75) is 19.7 Å². The Morgan fingerprint density at radius 1 is 1.03 bits per heavy atom. The smallest absolute Gasteiger partial charge is 0.416 e. The zero-order chi connectivity index (χ0) is 21.4. The predicted molar refractivity (Wildman–Crippen MR) is 100 cm³/mol. The third-order valence-electron chi connectivity index (χ3n) is 3.86. The molecule has 2 aromatic carbocycles. The van der Waals surface area contributed by atoms with Crippen LogP contribution in [-0.2, 0) is 32.0 Å². The zero-order valence-corrected chi connectivity index (χ0v) is 16.0. The van der Waals surface area contributed by atoms with Crippen LogP contribution in [0.4, 0.5) is 13.2 Å². The van der Waals surface area contributed by atoms with Crippen molar-refractivity contribution in [2.75, 3.05) is 14.2 Å². The normalized spacial score (nSPS) is 12.5. The monoisotopic (exact) mass is 408 g/mol. The highest BCUT2D eigenvalue weighted by atomic mass is 19.4. The van der Waals surface area contributed by atoms with Gasteiger partial charge in [-0.25, -0.2) is 4.79 Å². The lowest BCUT2D eigenvalue weighted by Crippen LogP contribution is -2.19. The molecule has 0 unspecified atom stereocenters. The first-order valence-electron chi connectivity index (χ1n) is 8.39. The second-order valence-corrected chi connectivity index (χ2v) is 5.80. The first-order valence-corrected chi connectivity index (χ1v) is 8.39. The molecule has 0 aliphatic rings. The van der Waals surface area contributed by atoms with Crippen LogP contribution in [0.25, 0.3) is 0 Å². The molecule has 9 heteroatoms. The summed E-state index contributed by atoms with van der Waals surface area (Å²) in [6, 6.07) is 11.5. The molecule has 0 saturated carbocycles. The fourth-order valence-corrected chi connectivity index (χ4v) is 2.43. The maximum absolute atomic E-state index is 12.9. The molecule has 2 aromatic rings. The number of halogens is 3. The van der Waals surface area contributed by atoms with E-state index in [0.717, 1.165) is 12.1 Å². The summed E-state index contributed by atoms with van der Waals surface area (Å²) < 4.78 is 43.3. The number of carbonyl (C=O) groups excluding carboxylic acids is 1. The van der Waals surface area contributed by atoms with E-state index in [4.69, 9.17) is 14.4 Å². The minimum Gasteiger partial charge on any atom is -0.464 e. The maximum atomic E-state index is 12.9. The molecule has 0 heterocycles. The van der Waals surface area contributed by atoms with Crippen LogP contribution in [-0.4, -0.2) is 31.6 Å². The van der Waals surface area contributed by atoms with Crippen molar-refractivity contribution >= 4 is 17.4 Å². The van der Waals surface area contributed by atoms with E-state index in [0.29, 0.717) is 11.1 Å². The van der Waals surface area contributed by atoms with Gasteiger partial charge in [-0.1, -0.05) is 46.7 Å². The molecular weight excluding hydrogens is 389 g/mol. The van der Waals surface area contributed by atoms with Gasteiger partial charge in [0, 0.05) is 11.1 Å². The fraction of sp³-hybridized carbons (Fsp3) is 0.250. The van der Waals surface area contributed by atoms with Crippen molar-refractivity contribution in [2.24, 2.45) is 10.3 Å². The van der Waals surface area contributed by atoms with Gasteiger partial charge < -0.3 is 14.4 Å². The molecule has 0 bridgehead atoms. The first kappa shape index (κ1) is 21.9. The number of oxime groups is 2. The van der Waals surface area contributed by atoms with E-state index in [1.165, 1.54) is 33.3 Å². The van der Waals surface area contributed by atoms with Gasteiger partial charge in [0.15, 0.2) is 5.71 Å². The van der Waals surface area contributed by atoms with E-state index in [-0.39, 0.29) is 23.6 Å². The summed E-state index contributed by atoms with van der Waals surface area (Å²) in [5.41, 5.74) is 0.722. The summed E-state index contributed by atoms with van der Waals surface area (Å²) in [6.45, 7) is 1.49. The first-order chi connectivity index (χ1) is 13.8. The SMILES string of the molecule is CO/N=C(\C(=O)OC)c1ccccc1CO/N=C(/C)c1cccc(C(F)(F)F)c1. The molecule has 0 amide bonds. The molecule has 0 atom stereocenters. The largest absolute Gasteiger partial charge is 0.464 e. The molecule has 29 heavy (non-hydrogen) atoms. The van der Waals surface area contributed by atoms with Gasteiger partial charge in [-0.05, 0) is 24.6 Å². The van der Waals surface area contributed by atoms with Crippen LogP contribution >= 0.6 is 0 Å². The summed E-state index contributed by atoms with van der Waals surface area (Å²) in [5, 5.41) is 7.58. The van der Waals surface area contributed by atoms with Gasteiger partial charge in [0.1, 0.15) is 13.7 Å². The Morgan fingerprint density at radius 2 is 1.76 bits per heavy atom. The average Bonchev–Trinajstić information content (AvgIpc) is 2.71. The summed E-state index contributed by atoms with van der Waals surface area (Å²) in [4.78, 5) is 21.9. The number of ether oxygens (including phenoxy) is 1. The van der Waals surface area contributed by atoms with Crippen molar-refractivity contribution in [1.82, 2.24) is 0 Å². The predicted octanol–water partition coefficient (Wildman–Crippen LogP) is 4.17. The number of carbonyl (C=O) groups is 1. The fourth-order valence-electron chi connectivity index (χ4n) is 2.43. The quantitative estimate of drug-likeness (QED) is 0.392. The van der Waals surface area contributed by atoms with Gasteiger partial charge in [0.2, 0.25) is 0 Å². The maximum Gasteiger partial charge on any atom is 0.416 e. The number of nitrogens with zero attached hydrogens (tertiary/aromatic N) is 2. The molecule has 2 rings (SSSR count). The highest BCUT2D eigenvalue weighted by Gasteiger charge is 2.30. The van der Waals surface area contributed by atoms with E-state index >= 15 is 0 Å². The standard InChI is InChI=1S/C20H19F3N2O4/c1-13(14-8-6-9-16(11-14)20(21,22)23)24-29-12-15-7-4-5-10-17(15)18(25-28-3)19(26)27-2/h4-11H,12H2,1-3H3/b24-13-,25-18-. The molecule has 0 aromatic heterocycles. The second kappa shape index (κ2) is 9.72. The summed E-state index contributed by atoms with van der Waals surface area (Å²) in [5.74, 6) is -0.692. The molecule has 0 spiro atoms. The average molecular weight is 408 g/mol. The number of alkyl halides is 3. The minimum absolute atomic E-state index is 0.0484. The van der Waals surface area contributed by atoms with Crippen molar-refractivity contribution in [3.8, 4) is 0 Å². The molecule has 0 N–H and O–H groups in total. The van der Waals surface area contributed by atoms with Gasteiger partial charge in [-0.15, -0.1) is 0 Å². The number of rotatable bonds is 7. The van der Waals surface area contributed by atoms with Gasteiger partial charge in [-0.2, -0.15) is 13.2 Å². The minimum atomic E-state index is -4.44. The third kappa shape index (κ3) is 5.81. The van der Waals surface area contributed by atoms with Gasteiger partial charge in [0.05, 0.1) is 18.4 Å². The summed E-state index contributed by atoms with van der Waals surface area (Å²) in [7, 11) is 2.51. The van der Waals surface area contributed by atoms with Crippen molar-refractivity contribution in [1.29, 1.82) is 0 Å². The zero-order valence-electron chi connectivity index (χ0n) is 16.0. The van der Waals surface area contributed by atoms with Crippen LogP contribution in [0.3, 0.4) is 0 Å². The van der Waals surface area contributed by atoms with Gasteiger partial charge >= 0.3 is 12.1 Å². The Kier molecular flexibility index (Phi) is 7.35. The highest BCUT2D eigenvalue weighted by Crippen LogP contribution is 2.29.